The highest BCUT2D eigenvalue weighted by Gasteiger charge is 2.31. The van der Waals surface area contributed by atoms with Gasteiger partial charge in [0.15, 0.2) is 0 Å². The molecule has 2 heterocycles. The Hall–Kier alpha value is -1.88. The molecule has 0 saturated carbocycles. The Labute approximate surface area is 109 Å². The molecule has 0 spiro atoms. The van der Waals surface area contributed by atoms with Crippen LogP contribution in [-0.2, 0) is 0 Å². The molecule has 2 aromatic rings. The van der Waals surface area contributed by atoms with Gasteiger partial charge in [-0.15, -0.1) is 11.3 Å². The standard InChI is InChI=1S/C13H13N3OS/c1-8-3-4-10-9(5-8)13(17)16(2)12(15-10)11-6-18-7-14-11/h3-7,12,15H,1-2H3. The largest absolute Gasteiger partial charge is 0.359 e. The van der Waals surface area contributed by atoms with Crippen molar-refractivity contribution in [2.45, 2.75) is 13.1 Å². The number of benzene rings is 1. The second-order valence-corrected chi connectivity index (χ2v) is 5.14. The van der Waals surface area contributed by atoms with Crippen molar-refractivity contribution in [2.24, 2.45) is 0 Å². The number of anilines is 1. The zero-order valence-electron chi connectivity index (χ0n) is 10.2. The summed E-state index contributed by atoms with van der Waals surface area (Å²) in [7, 11) is 1.80. The van der Waals surface area contributed by atoms with Crippen LogP contribution in [0.4, 0.5) is 5.69 Å². The molecule has 5 heteroatoms. The number of hydrogen-bond acceptors (Lipinski definition) is 4. The molecule has 1 aliphatic heterocycles. The van der Waals surface area contributed by atoms with Crippen LogP contribution in [0.1, 0.15) is 27.8 Å². The van der Waals surface area contributed by atoms with Gasteiger partial charge in [0.2, 0.25) is 0 Å². The number of carbonyl (C=O) groups is 1. The average molecular weight is 259 g/mol. The molecule has 0 fully saturated rings. The summed E-state index contributed by atoms with van der Waals surface area (Å²) in [4.78, 5) is 18.3. The van der Waals surface area contributed by atoms with Gasteiger partial charge in [0, 0.05) is 18.1 Å². The van der Waals surface area contributed by atoms with Gasteiger partial charge in [-0.1, -0.05) is 11.6 Å². The Balaban J connectivity index is 2.05. The molecule has 92 valence electrons. The van der Waals surface area contributed by atoms with Crippen LogP contribution < -0.4 is 5.32 Å². The number of fused-ring (bicyclic) bond motifs is 1. The average Bonchev–Trinajstić information content (AvgIpc) is 2.88. The smallest absolute Gasteiger partial charge is 0.257 e. The third-order valence-electron chi connectivity index (χ3n) is 3.14. The minimum atomic E-state index is -0.182. The van der Waals surface area contributed by atoms with Gasteiger partial charge < -0.3 is 10.2 Å². The molecule has 18 heavy (non-hydrogen) atoms. The second-order valence-electron chi connectivity index (χ2n) is 4.43. The Morgan fingerprint density at radius 3 is 3.00 bits per heavy atom. The van der Waals surface area contributed by atoms with Gasteiger partial charge in [-0.25, -0.2) is 4.98 Å². The maximum absolute atomic E-state index is 12.3. The molecule has 1 aromatic carbocycles. The first-order valence-electron chi connectivity index (χ1n) is 5.69. The fourth-order valence-corrected chi connectivity index (χ4v) is 2.71. The number of nitrogens with one attached hydrogen (secondary N) is 1. The van der Waals surface area contributed by atoms with E-state index in [1.165, 1.54) is 11.3 Å². The molecule has 1 aliphatic rings. The fourth-order valence-electron chi connectivity index (χ4n) is 2.14. The first kappa shape index (κ1) is 11.2. The summed E-state index contributed by atoms with van der Waals surface area (Å²) in [5, 5.41) is 5.31. The SMILES string of the molecule is Cc1ccc2c(c1)C(=O)N(C)C(c1cscn1)N2. The molecule has 1 aromatic heterocycles. The van der Waals surface area contributed by atoms with Crippen LogP contribution in [0.15, 0.2) is 29.1 Å². The number of hydrogen-bond donors (Lipinski definition) is 1. The van der Waals surface area contributed by atoms with Crippen molar-refractivity contribution in [3.8, 4) is 0 Å². The van der Waals surface area contributed by atoms with E-state index in [1.807, 2.05) is 30.5 Å². The lowest BCUT2D eigenvalue weighted by Crippen LogP contribution is -2.40. The number of aromatic nitrogens is 1. The van der Waals surface area contributed by atoms with Crippen molar-refractivity contribution in [1.82, 2.24) is 9.88 Å². The monoisotopic (exact) mass is 259 g/mol. The van der Waals surface area contributed by atoms with Gasteiger partial charge in [-0.05, 0) is 19.1 Å². The lowest BCUT2D eigenvalue weighted by Gasteiger charge is -2.34. The first-order valence-corrected chi connectivity index (χ1v) is 6.63. The Kier molecular flexibility index (Phi) is 2.56. The normalized spacial score (nSPS) is 18.4. The van der Waals surface area contributed by atoms with Crippen LogP contribution in [0.25, 0.3) is 0 Å². The quantitative estimate of drug-likeness (QED) is 0.856. The predicted molar refractivity (Wildman–Crippen MR) is 71.8 cm³/mol. The Bertz CT molecular complexity index is 594. The molecule has 0 bridgehead atoms. The molecular weight excluding hydrogens is 246 g/mol. The summed E-state index contributed by atoms with van der Waals surface area (Å²) in [5.41, 5.74) is 5.34. The van der Waals surface area contributed by atoms with Crippen LogP contribution >= 0.6 is 11.3 Å². The van der Waals surface area contributed by atoms with Gasteiger partial charge in [0.1, 0.15) is 6.17 Å². The summed E-state index contributed by atoms with van der Waals surface area (Å²) in [6, 6.07) is 5.87. The topological polar surface area (TPSA) is 45.2 Å². The highest BCUT2D eigenvalue weighted by Crippen LogP contribution is 2.32. The summed E-state index contributed by atoms with van der Waals surface area (Å²) >= 11 is 1.53. The minimum Gasteiger partial charge on any atom is -0.359 e. The lowest BCUT2D eigenvalue weighted by atomic mass is 10.0. The van der Waals surface area contributed by atoms with Gasteiger partial charge in [-0.2, -0.15) is 0 Å². The molecule has 0 radical (unpaired) electrons. The summed E-state index contributed by atoms with van der Waals surface area (Å²) in [6.07, 6.45) is -0.182. The number of nitrogens with zero attached hydrogens (tertiary/aromatic N) is 2. The van der Waals surface area contributed by atoms with E-state index in [9.17, 15) is 4.79 Å². The predicted octanol–water partition coefficient (Wildman–Crippen LogP) is 2.65. The summed E-state index contributed by atoms with van der Waals surface area (Å²) in [5.74, 6) is 0.0328. The highest BCUT2D eigenvalue weighted by molar-refractivity contribution is 7.07. The number of aryl methyl sites for hydroxylation is 1. The first-order chi connectivity index (χ1) is 8.66. The number of rotatable bonds is 1. The Morgan fingerprint density at radius 2 is 2.28 bits per heavy atom. The number of thiazole rings is 1. The van der Waals surface area contributed by atoms with Crippen LogP contribution in [0.3, 0.4) is 0 Å². The van der Waals surface area contributed by atoms with Gasteiger partial charge in [-0.3, -0.25) is 4.79 Å². The van der Waals surface area contributed by atoms with E-state index in [0.717, 1.165) is 22.5 Å². The van der Waals surface area contributed by atoms with Crippen LogP contribution in [-0.4, -0.2) is 22.8 Å². The minimum absolute atomic E-state index is 0.0328. The van der Waals surface area contributed by atoms with Crippen molar-refractivity contribution in [1.29, 1.82) is 0 Å². The van der Waals surface area contributed by atoms with Crippen molar-refractivity contribution in [2.75, 3.05) is 12.4 Å². The Morgan fingerprint density at radius 1 is 1.44 bits per heavy atom. The van der Waals surface area contributed by atoms with Gasteiger partial charge in [0.05, 0.1) is 16.8 Å². The maximum atomic E-state index is 12.3. The number of carbonyl (C=O) groups excluding carboxylic acids is 1. The third-order valence-corrected chi connectivity index (χ3v) is 3.74. The van der Waals surface area contributed by atoms with Crippen LogP contribution in [0.2, 0.25) is 0 Å². The van der Waals surface area contributed by atoms with E-state index in [2.05, 4.69) is 10.3 Å². The molecule has 3 rings (SSSR count). The molecule has 1 amide bonds. The molecule has 1 unspecified atom stereocenters. The van der Waals surface area contributed by atoms with Crippen LogP contribution in [0.5, 0.6) is 0 Å². The van der Waals surface area contributed by atoms with Crippen molar-refractivity contribution < 1.29 is 4.79 Å². The van der Waals surface area contributed by atoms with Gasteiger partial charge in [0.25, 0.3) is 5.91 Å². The van der Waals surface area contributed by atoms with Crippen LogP contribution in [0, 0.1) is 6.92 Å². The maximum Gasteiger partial charge on any atom is 0.257 e. The van der Waals surface area contributed by atoms with Crippen molar-refractivity contribution in [3.63, 3.8) is 0 Å². The van der Waals surface area contributed by atoms with E-state index in [0.29, 0.717) is 0 Å². The second kappa shape index (κ2) is 4.10. The van der Waals surface area contributed by atoms with E-state index < -0.39 is 0 Å². The summed E-state index contributed by atoms with van der Waals surface area (Å²) < 4.78 is 0. The van der Waals surface area contributed by atoms with Gasteiger partial charge >= 0.3 is 0 Å². The van der Waals surface area contributed by atoms with Crippen molar-refractivity contribution in [3.05, 3.63) is 45.9 Å². The molecule has 0 aliphatic carbocycles. The van der Waals surface area contributed by atoms with E-state index in [-0.39, 0.29) is 12.1 Å². The van der Waals surface area contributed by atoms with Crippen molar-refractivity contribution >= 4 is 22.9 Å². The third kappa shape index (κ3) is 1.67. The molecule has 1 atom stereocenters. The zero-order chi connectivity index (χ0) is 12.7. The fraction of sp³-hybridized carbons (Fsp3) is 0.231. The highest BCUT2D eigenvalue weighted by atomic mass is 32.1. The molecule has 4 nitrogen and oxygen atoms in total. The molecule has 0 saturated heterocycles. The summed E-state index contributed by atoms with van der Waals surface area (Å²) in [6.45, 7) is 1.99. The van der Waals surface area contributed by atoms with E-state index in [4.69, 9.17) is 0 Å². The number of amides is 1. The van der Waals surface area contributed by atoms with E-state index >= 15 is 0 Å². The van der Waals surface area contributed by atoms with E-state index in [1.54, 1.807) is 17.5 Å². The zero-order valence-corrected chi connectivity index (χ0v) is 11.0. The molecular formula is C13H13N3OS. The molecule has 1 N–H and O–H groups in total. The lowest BCUT2D eigenvalue weighted by molar-refractivity contribution is 0.0733.